The van der Waals surface area contributed by atoms with E-state index in [1.54, 1.807) is 0 Å². The predicted molar refractivity (Wildman–Crippen MR) is 104 cm³/mol. The highest BCUT2D eigenvalue weighted by Crippen LogP contribution is 2.34. The Morgan fingerprint density at radius 3 is 2.46 bits per heavy atom. The fraction of sp³-hybridized carbons (Fsp3) is 0.550. The first-order valence-corrected chi connectivity index (χ1v) is 10.7. The van der Waals surface area contributed by atoms with Crippen LogP contribution in [0.4, 0.5) is 0 Å². The van der Waals surface area contributed by atoms with Crippen LogP contribution in [0.25, 0.3) is 5.69 Å². The number of para-hydroxylation sites is 1. The Morgan fingerprint density at radius 1 is 1.00 bits per heavy atom. The highest BCUT2D eigenvalue weighted by atomic mass is 32.2. The topological polar surface area (TPSA) is 51.0 Å². The van der Waals surface area contributed by atoms with Gasteiger partial charge in [-0.15, -0.1) is 10.2 Å². The van der Waals surface area contributed by atoms with E-state index in [0.29, 0.717) is 11.7 Å². The fourth-order valence-corrected chi connectivity index (χ4v) is 4.87. The average molecular weight is 371 g/mol. The van der Waals surface area contributed by atoms with E-state index >= 15 is 0 Å². The van der Waals surface area contributed by atoms with E-state index in [4.69, 9.17) is 0 Å². The van der Waals surface area contributed by atoms with Crippen molar-refractivity contribution in [1.82, 2.24) is 19.7 Å². The highest BCUT2D eigenvalue weighted by Gasteiger charge is 2.25. The summed E-state index contributed by atoms with van der Waals surface area (Å²) in [7, 11) is 0. The van der Waals surface area contributed by atoms with Crippen LogP contribution in [0.15, 0.2) is 35.5 Å². The lowest BCUT2D eigenvalue weighted by molar-refractivity contribution is -0.127. The van der Waals surface area contributed by atoms with Crippen molar-refractivity contribution in [1.29, 1.82) is 0 Å². The molecule has 0 bridgehead atoms. The number of hydrogen-bond acceptors (Lipinski definition) is 4. The molecule has 0 atom stereocenters. The predicted octanol–water partition coefficient (Wildman–Crippen LogP) is 4.03. The summed E-state index contributed by atoms with van der Waals surface area (Å²) in [4.78, 5) is 14.4. The molecule has 1 saturated carbocycles. The third-order valence-electron chi connectivity index (χ3n) is 5.43. The molecule has 0 spiro atoms. The maximum Gasteiger partial charge on any atom is 0.233 e. The number of hydrogen-bond donors (Lipinski definition) is 0. The van der Waals surface area contributed by atoms with Crippen LogP contribution in [0.3, 0.4) is 0 Å². The van der Waals surface area contributed by atoms with Gasteiger partial charge in [-0.2, -0.15) is 0 Å². The largest absolute Gasteiger partial charge is 0.342 e. The smallest absolute Gasteiger partial charge is 0.233 e. The standard InChI is InChI=1S/C20H26N4OS/c25-18(23-13-7-8-14-23)15-26-20-22-21-19(16-9-3-1-4-10-16)24(20)17-11-5-2-6-12-17/h2,5-6,11-12,16H,1,3-4,7-10,13-15H2. The quantitative estimate of drug-likeness (QED) is 0.746. The second kappa shape index (κ2) is 8.25. The number of benzene rings is 1. The van der Waals surface area contributed by atoms with Crippen molar-refractivity contribution < 1.29 is 4.79 Å². The van der Waals surface area contributed by atoms with Crippen molar-refractivity contribution in [3.05, 3.63) is 36.2 Å². The molecule has 1 aromatic carbocycles. The molecular formula is C20H26N4OS. The van der Waals surface area contributed by atoms with Gasteiger partial charge in [-0.1, -0.05) is 49.2 Å². The van der Waals surface area contributed by atoms with Gasteiger partial charge < -0.3 is 4.90 Å². The van der Waals surface area contributed by atoms with Crippen LogP contribution in [0.1, 0.15) is 56.7 Å². The summed E-state index contributed by atoms with van der Waals surface area (Å²) in [6.45, 7) is 1.80. The first kappa shape index (κ1) is 17.6. The van der Waals surface area contributed by atoms with Crippen LogP contribution in [0, 0.1) is 0 Å². The van der Waals surface area contributed by atoms with E-state index in [1.165, 1.54) is 43.9 Å². The van der Waals surface area contributed by atoms with Crippen LogP contribution in [-0.2, 0) is 4.79 Å². The Bertz CT molecular complexity index is 734. The van der Waals surface area contributed by atoms with Gasteiger partial charge in [0.05, 0.1) is 5.75 Å². The molecule has 2 aliphatic rings. The number of rotatable bonds is 5. The molecule has 2 fully saturated rings. The summed E-state index contributed by atoms with van der Waals surface area (Å²) in [6, 6.07) is 10.3. The third-order valence-corrected chi connectivity index (χ3v) is 6.34. The van der Waals surface area contributed by atoms with Crippen LogP contribution in [0.5, 0.6) is 0 Å². The number of amides is 1. The Hall–Kier alpha value is -1.82. The maximum absolute atomic E-state index is 12.4. The van der Waals surface area contributed by atoms with Gasteiger partial charge in [0.1, 0.15) is 5.82 Å². The number of likely N-dealkylation sites (tertiary alicyclic amines) is 1. The lowest BCUT2D eigenvalue weighted by Gasteiger charge is -2.22. The molecule has 138 valence electrons. The number of carbonyl (C=O) groups excluding carboxylic acids is 1. The molecule has 0 unspecified atom stereocenters. The zero-order valence-corrected chi connectivity index (χ0v) is 16.0. The molecule has 6 heteroatoms. The Balaban J connectivity index is 1.57. The molecular weight excluding hydrogens is 344 g/mol. The van der Waals surface area contributed by atoms with Gasteiger partial charge in [0.15, 0.2) is 5.16 Å². The summed E-state index contributed by atoms with van der Waals surface area (Å²) in [5.41, 5.74) is 1.09. The van der Waals surface area contributed by atoms with Crippen molar-refractivity contribution in [2.75, 3.05) is 18.8 Å². The first-order chi connectivity index (χ1) is 12.8. The van der Waals surface area contributed by atoms with Crippen LogP contribution < -0.4 is 0 Å². The molecule has 1 amide bonds. The minimum absolute atomic E-state index is 0.217. The number of thioether (sulfide) groups is 1. The van der Waals surface area contributed by atoms with Crippen LogP contribution in [0.2, 0.25) is 0 Å². The zero-order chi connectivity index (χ0) is 17.8. The minimum Gasteiger partial charge on any atom is -0.342 e. The third kappa shape index (κ3) is 3.80. The van der Waals surface area contributed by atoms with Gasteiger partial charge in [-0.05, 0) is 37.8 Å². The minimum atomic E-state index is 0.217. The summed E-state index contributed by atoms with van der Waals surface area (Å²) in [5.74, 6) is 2.19. The molecule has 1 aromatic heterocycles. The van der Waals surface area contributed by atoms with E-state index in [1.807, 2.05) is 23.1 Å². The normalized spacial score (nSPS) is 18.4. The molecule has 1 aliphatic heterocycles. The SMILES string of the molecule is O=C(CSc1nnc(C2CCCCC2)n1-c1ccccc1)N1CCCC1. The number of carbonyl (C=O) groups is 1. The van der Waals surface area contributed by atoms with E-state index in [9.17, 15) is 4.79 Å². The lowest BCUT2D eigenvalue weighted by atomic mass is 9.88. The number of nitrogens with zero attached hydrogens (tertiary/aromatic N) is 4. The van der Waals surface area contributed by atoms with E-state index in [2.05, 4.69) is 26.9 Å². The molecule has 2 heterocycles. The lowest BCUT2D eigenvalue weighted by Crippen LogP contribution is -2.29. The molecule has 0 N–H and O–H groups in total. The summed E-state index contributed by atoms with van der Waals surface area (Å²) >= 11 is 1.52. The van der Waals surface area contributed by atoms with Crippen molar-refractivity contribution in [2.45, 2.75) is 56.0 Å². The van der Waals surface area contributed by atoms with Gasteiger partial charge in [0.25, 0.3) is 0 Å². The van der Waals surface area contributed by atoms with Gasteiger partial charge in [-0.3, -0.25) is 9.36 Å². The molecule has 2 aromatic rings. The summed E-state index contributed by atoms with van der Waals surface area (Å²) in [5, 5.41) is 9.87. The first-order valence-electron chi connectivity index (χ1n) is 9.74. The van der Waals surface area contributed by atoms with Crippen molar-refractivity contribution in [3.63, 3.8) is 0 Å². The molecule has 1 aliphatic carbocycles. The molecule has 26 heavy (non-hydrogen) atoms. The van der Waals surface area contributed by atoms with Crippen LogP contribution >= 0.6 is 11.8 Å². The maximum atomic E-state index is 12.4. The van der Waals surface area contributed by atoms with E-state index in [0.717, 1.165) is 42.6 Å². The van der Waals surface area contributed by atoms with Gasteiger partial charge in [0.2, 0.25) is 5.91 Å². The number of aromatic nitrogens is 3. The van der Waals surface area contributed by atoms with Crippen LogP contribution in [-0.4, -0.2) is 44.4 Å². The van der Waals surface area contributed by atoms with Gasteiger partial charge in [-0.25, -0.2) is 0 Å². The van der Waals surface area contributed by atoms with Crippen molar-refractivity contribution in [3.8, 4) is 5.69 Å². The molecule has 5 nitrogen and oxygen atoms in total. The zero-order valence-electron chi connectivity index (χ0n) is 15.1. The van der Waals surface area contributed by atoms with Crippen molar-refractivity contribution in [2.24, 2.45) is 0 Å². The Labute approximate surface area is 159 Å². The second-order valence-corrected chi connectivity index (χ2v) is 8.17. The van der Waals surface area contributed by atoms with Gasteiger partial charge >= 0.3 is 0 Å². The summed E-state index contributed by atoms with van der Waals surface area (Å²) in [6.07, 6.45) is 8.47. The molecule has 0 radical (unpaired) electrons. The van der Waals surface area contributed by atoms with E-state index in [-0.39, 0.29) is 5.91 Å². The van der Waals surface area contributed by atoms with E-state index < -0.39 is 0 Å². The van der Waals surface area contributed by atoms with Crippen molar-refractivity contribution >= 4 is 17.7 Å². The monoisotopic (exact) mass is 370 g/mol. The Kier molecular flexibility index (Phi) is 5.58. The average Bonchev–Trinajstić information content (AvgIpc) is 3.37. The summed E-state index contributed by atoms with van der Waals surface area (Å²) < 4.78 is 2.18. The fourth-order valence-electron chi connectivity index (χ4n) is 4.00. The molecule has 1 saturated heterocycles. The van der Waals surface area contributed by atoms with Gasteiger partial charge in [0, 0.05) is 24.7 Å². The molecule has 4 rings (SSSR count). The Morgan fingerprint density at radius 2 is 1.73 bits per heavy atom. The second-order valence-electron chi connectivity index (χ2n) is 7.22. The highest BCUT2D eigenvalue weighted by molar-refractivity contribution is 7.99.